The number of aliphatic hydroxyl groups is 2. The number of carbonyl (C=O) groups is 1. The molecule has 65 heavy (non-hydrogen) atoms. The van der Waals surface area contributed by atoms with E-state index in [1.54, 1.807) is 7.11 Å². The maximum absolute atomic E-state index is 12.3. The first kappa shape index (κ1) is 52.0. The van der Waals surface area contributed by atoms with Gasteiger partial charge < -0.3 is 24.4 Å². The lowest BCUT2D eigenvalue weighted by atomic mass is 9.77. The Morgan fingerprint density at radius 3 is 1.72 bits per heavy atom. The van der Waals surface area contributed by atoms with Crippen molar-refractivity contribution < 1.29 is 29.2 Å². The Bertz CT molecular complexity index is 2020. The third kappa shape index (κ3) is 14.8. The first-order valence-corrected chi connectivity index (χ1v) is 25.7. The Morgan fingerprint density at radius 1 is 0.631 bits per heavy atom. The maximum Gasteiger partial charge on any atom is 0.308 e. The summed E-state index contributed by atoms with van der Waals surface area (Å²) in [5.74, 6) is 2.13. The Hall–Kier alpha value is -3.97. The van der Waals surface area contributed by atoms with Gasteiger partial charge in [-0.3, -0.25) is 4.79 Å². The van der Waals surface area contributed by atoms with E-state index in [0.717, 1.165) is 73.3 Å². The summed E-state index contributed by atoms with van der Waals surface area (Å²) in [5, 5.41) is 20.7. The second kappa shape index (κ2) is 27.0. The monoisotopic (exact) mass is 889 g/mol. The minimum Gasteiger partial charge on any atom is -0.493 e. The second-order valence-corrected chi connectivity index (χ2v) is 19.5. The first-order valence-electron chi connectivity index (χ1n) is 25.7. The molecule has 2 N–H and O–H groups in total. The molecule has 0 amide bonds. The van der Waals surface area contributed by atoms with Gasteiger partial charge in [-0.05, 0) is 162 Å². The molecule has 1 saturated carbocycles. The molecule has 0 radical (unpaired) electrons. The number of carbonyl (C=O) groups excluding carboxylic acids is 1. The molecular formula is C59H84O6. The van der Waals surface area contributed by atoms with Crippen LogP contribution in [0, 0.1) is 17.3 Å². The van der Waals surface area contributed by atoms with E-state index in [-0.39, 0.29) is 25.1 Å². The minimum absolute atomic E-state index is 0.0753. The molecule has 4 aromatic rings. The van der Waals surface area contributed by atoms with E-state index in [4.69, 9.17) is 14.2 Å². The lowest BCUT2D eigenvalue weighted by molar-refractivity contribution is -0.147. The average molecular weight is 889 g/mol. The van der Waals surface area contributed by atoms with Crippen LogP contribution in [0.4, 0.5) is 0 Å². The van der Waals surface area contributed by atoms with E-state index in [1.807, 2.05) is 13.8 Å². The SMILES string of the molecule is CCCCCC1CCC(c2ccc(-c3ccc(-c4ccc(-c5cc(CCCOC)c(OCCC(CO)(CO)CCCC)c(CCCOC(=O)C(C)C)c5)c(CC)c4)cc3CC)cc2)CC1. The van der Waals surface area contributed by atoms with Crippen LogP contribution in [0.2, 0.25) is 0 Å². The fourth-order valence-corrected chi connectivity index (χ4v) is 9.99. The smallest absolute Gasteiger partial charge is 0.308 e. The van der Waals surface area contributed by atoms with Gasteiger partial charge in [-0.25, -0.2) is 0 Å². The predicted octanol–water partition coefficient (Wildman–Crippen LogP) is 14.3. The van der Waals surface area contributed by atoms with Crippen molar-refractivity contribution in [3.05, 3.63) is 101 Å². The van der Waals surface area contributed by atoms with Gasteiger partial charge in [0.2, 0.25) is 0 Å². The number of benzene rings is 4. The van der Waals surface area contributed by atoms with E-state index in [2.05, 4.69) is 100 Å². The molecule has 5 rings (SSSR count). The molecule has 4 aromatic carbocycles. The Balaban J connectivity index is 1.41. The Kier molecular flexibility index (Phi) is 21.6. The van der Waals surface area contributed by atoms with Gasteiger partial charge in [0, 0.05) is 19.1 Å². The molecule has 6 nitrogen and oxygen atoms in total. The summed E-state index contributed by atoms with van der Waals surface area (Å²) in [6.07, 6.45) is 19.0. The lowest BCUT2D eigenvalue weighted by Crippen LogP contribution is -2.32. The van der Waals surface area contributed by atoms with Crippen molar-refractivity contribution in [2.75, 3.05) is 40.1 Å². The number of unbranched alkanes of at least 4 members (excludes halogenated alkanes) is 3. The van der Waals surface area contributed by atoms with Crippen molar-refractivity contribution in [1.82, 2.24) is 0 Å². The zero-order valence-corrected chi connectivity index (χ0v) is 41.5. The number of hydrogen-bond acceptors (Lipinski definition) is 6. The molecule has 0 spiro atoms. The summed E-state index contributed by atoms with van der Waals surface area (Å²) in [6, 6.07) is 28.0. The molecule has 0 saturated heterocycles. The Labute approximate surface area is 393 Å². The molecule has 0 unspecified atom stereocenters. The molecular weight excluding hydrogens is 805 g/mol. The number of rotatable bonds is 28. The van der Waals surface area contributed by atoms with Crippen molar-refractivity contribution in [3.8, 4) is 39.1 Å². The molecule has 1 aliphatic carbocycles. The van der Waals surface area contributed by atoms with Crippen LogP contribution in [0.15, 0.2) is 72.8 Å². The standard InChI is InChI=1S/C59H84O6/c1-8-12-14-17-44-20-22-47(23-21-44)48-24-26-49(27-25-48)55-30-28-50(37-45(55)10-3)51-29-31-56(46(11-4)38-51)54-39-52(18-15-34-63-7)57(53(40-54)19-16-35-65-58(62)43(5)6)64-36-33-59(41-60,42-61)32-13-9-2/h24-31,37-40,43-44,47,60-61H,8-23,32-36,41-42H2,1-7H3. The van der Waals surface area contributed by atoms with Crippen molar-refractivity contribution >= 4 is 5.97 Å². The van der Waals surface area contributed by atoms with Gasteiger partial charge in [-0.15, -0.1) is 0 Å². The molecule has 0 atom stereocenters. The van der Waals surface area contributed by atoms with Gasteiger partial charge in [0.15, 0.2) is 0 Å². The zero-order chi connectivity index (χ0) is 46.6. The molecule has 356 valence electrons. The molecule has 1 fully saturated rings. The van der Waals surface area contributed by atoms with E-state index in [1.165, 1.54) is 95.9 Å². The third-order valence-electron chi connectivity index (χ3n) is 14.3. The fourth-order valence-electron chi connectivity index (χ4n) is 9.99. The van der Waals surface area contributed by atoms with Crippen molar-refractivity contribution in [3.63, 3.8) is 0 Å². The van der Waals surface area contributed by atoms with Crippen LogP contribution in [0.1, 0.15) is 165 Å². The lowest BCUT2D eigenvalue weighted by Gasteiger charge is -2.30. The van der Waals surface area contributed by atoms with Gasteiger partial charge in [0.25, 0.3) is 0 Å². The molecule has 0 bridgehead atoms. The van der Waals surface area contributed by atoms with Crippen molar-refractivity contribution in [1.29, 1.82) is 0 Å². The third-order valence-corrected chi connectivity index (χ3v) is 14.3. The summed E-state index contributed by atoms with van der Waals surface area (Å²) >= 11 is 0. The van der Waals surface area contributed by atoms with Gasteiger partial charge in [0.05, 0.1) is 32.3 Å². The van der Waals surface area contributed by atoms with Gasteiger partial charge in [-0.1, -0.05) is 141 Å². The first-order chi connectivity index (χ1) is 31.6. The van der Waals surface area contributed by atoms with Gasteiger partial charge in [-0.2, -0.15) is 0 Å². The van der Waals surface area contributed by atoms with Crippen LogP contribution in [0.5, 0.6) is 5.75 Å². The molecule has 0 heterocycles. The van der Waals surface area contributed by atoms with Crippen molar-refractivity contribution in [2.45, 2.75) is 163 Å². The zero-order valence-electron chi connectivity index (χ0n) is 41.5. The highest BCUT2D eigenvalue weighted by Gasteiger charge is 2.29. The largest absolute Gasteiger partial charge is 0.493 e. The van der Waals surface area contributed by atoms with E-state index < -0.39 is 5.41 Å². The highest BCUT2D eigenvalue weighted by Crippen LogP contribution is 2.40. The summed E-state index contributed by atoms with van der Waals surface area (Å²) < 4.78 is 17.8. The van der Waals surface area contributed by atoms with Crippen LogP contribution in [0.3, 0.4) is 0 Å². The van der Waals surface area contributed by atoms with Crippen molar-refractivity contribution in [2.24, 2.45) is 17.3 Å². The highest BCUT2D eigenvalue weighted by atomic mass is 16.5. The quantitative estimate of drug-likeness (QED) is 0.0436. The number of methoxy groups -OCH3 is 1. The van der Waals surface area contributed by atoms with Gasteiger partial charge >= 0.3 is 5.97 Å². The van der Waals surface area contributed by atoms with E-state index in [9.17, 15) is 15.0 Å². The average Bonchev–Trinajstić information content (AvgIpc) is 3.34. The molecule has 6 heteroatoms. The fraction of sp³-hybridized carbons (Fsp3) is 0.576. The molecule has 0 aliphatic heterocycles. The number of aryl methyl sites for hydroxylation is 4. The Morgan fingerprint density at radius 2 is 1.18 bits per heavy atom. The highest BCUT2D eigenvalue weighted by molar-refractivity contribution is 5.78. The molecule has 1 aliphatic rings. The normalized spacial score (nSPS) is 15.4. The van der Waals surface area contributed by atoms with Crippen LogP contribution in [-0.4, -0.2) is 56.3 Å². The number of esters is 1. The van der Waals surface area contributed by atoms with E-state index in [0.29, 0.717) is 45.0 Å². The maximum atomic E-state index is 12.3. The number of ether oxygens (including phenoxy) is 3. The molecule has 0 aromatic heterocycles. The topological polar surface area (TPSA) is 85.2 Å². The summed E-state index contributed by atoms with van der Waals surface area (Å²) in [6.45, 7) is 13.9. The number of aliphatic hydroxyl groups excluding tert-OH is 2. The van der Waals surface area contributed by atoms with E-state index >= 15 is 0 Å². The van der Waals surface area contributed by atoms with Crippen LogP contribution in [0.25, 0.3) is 33.4 Å². The van der Waals surface area contributed by atoms with Crippen LogP contribution >= 0.6 is 0 Å². The summed E-state index contributed by atoms with van der Waals surface area (Å²) in [4.78, 5) is 12.3. The summed E-state index contributed by atoms with van der Waals surface area (Å²) in [5.41, 5.74) is 13.2. The second-order valence-electron chi connectivity index (χ2n) is 19.5. The van der Waals surface area contributed by atoms with Gasteiger partial charge in [0.1, 0.15) is 5.75 Å². The number of hydrogen-bond donors (Lipinski definition) is 2. The van der Waals surface area contributed by atoms with Crippen LogP contribution in [-0.2, 0) is 40.0 Å². The predicted molar refractivity (Wildman–Crippen MR) is 271 cm³/mol. The minimum atomic E-state index is -0.578. The summed E-state index contributed by atoms with van der Waals surface area (Å²) in [7, 11) is 1.74. The van der Waals surface area contributed by atoms with Crippen LogP contribution < -0.4 is 4.74 Å².